The zero-order chi connectivity index (χ0) is 19.1. The van der Waals surface area contributed by atoms with E-state index in [2.05, 4.69) is 27.0 Å². The van der Waals surface area contributed by atoms with Gasteiger partial charge in [0.05, 0.1) is 19.9 Å². The number of aromatic amines is 1. The van der Waals surface area contributed by atoms with E-state index in [0.29, 0.717) is 12.3 Å². The van der Waals surface area contributed by atoms with Gasteiger partial charge in [-0.25, -0.2) is 4.98 Å². The molecular formula is C21H30N4O2. The van der Waals surface area contributed by atoms with E-state index in [0.717, 1.165) is 44.0 Å². The number of piperidine rings is 1. The van der Waals surface area contributed by atoms with Crippen LogP contribution in [0.4, 0.5) is 0 Å². The quantitative estimate of drug-likeness (QED) is 0.775. The maximum atomic E-state index is 12.4. The number of likely N-dealkylation sites (N-methyl/N-ethyl adjacent to an activating group) is 1. The molecule has 1 aliphatic rings. The predicted molar refractivity (Wildman–Crippen MR) is 106 cm³/mol. The molecule has 2 aromatic rings. The number of amides is 1. The SMILES string of the molecule is COc1ccc(CCN2CCC[C@H](CN(C)C(=O)Cc3cnc[nH]3)C2)cc1. The molecule has 0 aliphatic carbocycles. The van der Waals surface area contributed by atoms with Crippen molar-refractivity contribution in [2.75, 3.05) is 40.3 Å². The summed E-state index contributed by atoms with van der Waals surface area (Å²) in [5.41, 5.74) is 2.21. The number of carbonyl (C=O) groups excluding carboxylic acids is 1. The molecule has 6 heteroatoms. The van der Waals surface area contributed by atoms with Crippen LogP contribution in [0.25, 0.3) is 0 Å². The lowest BCUT2D eigenvalue weighted by molar-refractivity contribution is -0.130. The second kappa shape index (κ2) is 9.55. The minimum atomic E-state index is 0.148. The van der Waals surface area contributed by atoms with Gasteiger partial charge in [0.15, 0.2) is 0 Å². The molecule has 6 nitrogen and oxygen atoms in total. The Morgan fingerprint density at radius 1 is 1.37 bits per heavy atom. The highest BCUT2D eigenvalue weighted by molar-refractivity contribution is 5.77. The Balaban J connectivity index is 1.43. The number of methoxy groups -OCH3 is 1. The van der Waals surface area contributed by atoms with E-state index in [1.54, 1.807) is 19.6 Å². The summed E-state index contributed by atoms with van der Waals surface area (Å²) in [4.78, 5) is 23.8. The van der Waals surface area contributed by atoms with Gasteiger partial charge in [0, 0.05) is 38.6 Å². The molecule has 0 saturated carbocycles. The first-order chi connectivity index (χ1) is 13.1. The van der Waals surface area contributed by atoms with Crippen LogP contribution in [0.15, 0.2) is 36.8 Å². The summed E-state index contributed by atoms with van der Waals surface area (Å²) >= 11 is 0. The lowest BCUT2D eigenvalue weighted by Crippen LogP contribution is -2.42. The van der Waals surface area contributed by atoms with Gasteiger partial charge in [-0.15, -0.1) is 0 Å². The molecule has 1 atom stereocenters. The van der Waals surface area contributed by atoms with E-state index in [-0.39, 0.29) is 5.91 Å². The van der Waals surface area contributed by atoms with Crippen molar-refractivity contribution in [3.8, 4) is 5.75 Å². The number of nitrogens with one attached hydrogen (secondary N) is 1. The average Bonchev–Trinajstić information content (AvgIpc) is 3.20. The Hall–Kier alpha value is -2.34. The molecular weight excluding hydrogens is 340 g/mol. The van der Waals surface area contributed by atoms with Crippen LogP contribution in [-0.2, 0) is 17.6 Å². The van der Waals surface area contributed by atoms with Gasteiger partial charge in [-0.1, -0.05) is 12.1 Å². The van der Waals surface area contributed by atoms with Crippen LogP contribution in [0, 0.1) is 5.92 Å². The molecule has 1 aromatic heterocycles. The van der Waals surface area contributed by atoms with E-state index in [9.17, 15) is 4.79 Å². The van der Waals surface area contributed by atoms with Gasteiger partial charge in [-0.2, -0.15) is 0 Å². The number of imidazole rings is 1. The van der Waals surface area contributed by atoms with Crippen molar-refractivity contribution in [1.29, 1.82) is 0 Å². The van der Waals surface area contributed by atoms with Gasteiger partial charge >= 0.3 is 0 Å². The van der Waals surface area contributed by atoms with Crippen molar-refractivity contribution in [3.05, 3.63) is 48.0 Å². The molecule has 0 radical (unpaired) electrons. The van der Waals surface area contributed by atoms with Gasteiger partial charge in [-0.3, -0.25) is 4.79 Å². The van der Waals surface area contributed by atoms with Gasteiger partial charge in [0.1, 0.15) is 5.75 Å². The first kappa shape index (κ1) is 19.4. The summed E-state index contributed by atoms with van der Waals surface area (Å²) in [5.74, 6) is 1.60. The third-order valence-corrected chi connectivity index (χ3v) is 5.33. The molecule has 0 unspecified atom stereocenters. The van der Waals surface area contributed by atoms with Crippen LogP contribution in [-0.4, -0.2) is 66.0 Å². The fourth-order valence-electron chi connectivity index (χ4n) is 3.75. The maximum absolute atomic E-state index is 12.4. The Labute approximate surface area is 161 Å². The van der Waals surface area contributed by atoms with E-state index >= 15 is 0 Å². The minimum absolute atomic E-state index is 0.148. The Kier molecular flexibility index (Phi) is 6.87. The van der Waals surface area contributed by atoms with Gasteiger partial charge in [-0.05, 0) is 49.4 Å². The first-order valence-corrected chi connectivity index (χ1v) is 9.70. The average molecular weight is 370 g/mol. The summed E-state index contributed by atoms with van der Waals surface area (Å²) in [6.07, 6.45) is 7.17. The number of aromatic nitrogens is 2. The predicted octanol–water partition coefficient (Wildman–Crippen LogP) is 2.37. The molecule has 0 spiro atoms. The molecule has 27 heavy (non-hydrogen) atoms. The van der Waals surface area contributed by atoms with E-state index in [1.165, 1.54) is 18.4 Å². The third-order valence-electron chi connectivity index (χ3n) is 5.33. The van der Waals surface area contributed by atoms with Crippen molar-refractivity contribution in [2.24, 2.45) is 5.92 Å². The molecule has 1 fully saturated rings. The van der Waals surface area contributed by atoms with Crippen molar-refractivity contribution in [2.45, 2.75) is 25.7 Å². The van der Waals surface area contributed by atoms with Crippen LogP contribution in [0.5, 0.6) is 5.75 Å². The van der Waals surface area contributed by atoms with Gasteiger partial charge in [0.25, 0.3) is 0 Å². The zero-order valence-electron chi connectivity index (χ0n) is 16.4. The normalized spacial score (nSPS) is 17.6. The van der Waals surface area contributed by atoms with Gasteiger partial charge in [0.2, 0.25) is 5.91 Å². The molecule has 1 amide bonds. The second-order valence-electron chi connectivity index (χ2n) is 7.43. The van der Waals surface area contributed by atoms with Gasteiger partial charge < -0.3 is 19.5 Å². The van der Waals surface area contributed by atoms with E-state index in [4.69, 9.17) is 4.74 Å². The molecule has 1 aromatic carbocycles. The zero-order valence-corrected chi connectivity index (χ0v) is 16.4. The second-order valence-corrected chi connectivity index (χ2v) is 7.43. The van der Waals surface area contributed by atoms with Crippen LogP contribution < -0.4 is 4.74 Å². The minimum Gasteiger partial charge on any atom is -0.497 e. The highest BCUT2D eigenvalue weighted by Crippen LogP contribution is 2.19. The Morgan fingerprint density at radius 2 is 2.19 bits per heavy atom. The number of hydrogen-bond donors (Lipinski definition) is 1. The van der Waals surface area contributed by atoms with Crippen molar-refractivity contribution in [3.63, 3.8) is 0 Å². The lowest BCUT2D eigenvalue weighted by Gasteiger charge is -2.34. The van der Waals surface area contributed by atoms with E-state index < -0.39 is 0 Å². The number of nitrogens with zero attached hydrogens (tertiary/aromatic N) is 3. The number of benzene rings is 1. The summed E-state index contributed by atoms with van der Waals surface area (Å²) in [6, 6.07) is 8.33. The monoisotopic (exact) mass is 370 g/mol. The van der Waals surface area contributed by atoms with E-state index in [1.807, 2.05) is 24.1 Å². The van der Waals surface area contributed by atoms with Crippen molar-refractivity contribution in [1.82, 2.24) is 19.8 Å². The molecule has 2 heterocycles. The number of rotatable bonds is 8. The van der Waals surface area contributed by atoms with Crippen molar-refractivity contribution >= 4 is 5.91 Å². The molecule has 1 saturated heterocycles. The smallest absolute Gasteiger partial charge is 0.228 e. The molecule has 0 bridgehead atoms. The summed E-state index contributed by atoms with van der Waals surface area (Å²) < 4.78 is 5.22. The van der Waals surface area contributed by atoms with Crippen LogP contribution >= 0.6 is 0 Å². The highest BCUT2D eigenvalue weighted by Gasteiger charge is 2.22. The number of ether oxygens (including phenoxy) is 1. The highest BCUT2D eigenvalue weighted by atomic mass is 16.5. The number of H-pyrrole nitrogens is 1. The maximum Gasteiger partial charge on any atom is 0.228 e. The largest absolute Gasteiger partial charge is 0.497 e. The summed E-state index contributed by atoms with van der Waals surface area (Å²) in [7, 11) is 3.61. The Bertz CT molecular complexity index is 699. The first-order valence-electron chi connectivity index (χ1n) is 9.70. The Morgan fingerprint density at radius 3 is 2.89 bits per heavy atom. The van der Waals surface area contributed by atoms with Crippen LogP contribution in [0.2, 0.25) is 0 Å². The summed E-state index contributed by atoms with van der Waals surface area (Å²) in [6.45, 7) is 4.11. The molecule has 1 aliphatic heterocycles. The number of carbonyl (C=O) groups is 1. The molecule has 3 rings (SSSR count). The summed E-state index contributed by atoms with van der Waals surface area (Å²) in [5, 5.41) is 0. The molecule has 1 N–H and O–H groups in total. The standard InChI is InChI=1S/C21H30N4O2/c1-24(21(26)12-19-13-22-16-23-19)14-18-4-3-10-25(15-18)11-9-17-5-7-20(27-2)8-6-17/h5-8,13,16,18H,3-4,9-12,14-15H2,1-2H3,(H,22,23)/t18-/m1/s1. The fourth-order valence-corrected chi connectivity index (χ4v) is 3.75. The van der Waals surface area contributed by atoms with Crippen LogP contribution in [0.3, 0.4) is 0 Å². The van der Waals surface area contributed by atoms with Crippen molar-refractivity contribution < 1.29 is 9.53 Å². The third kappa shape index (κ3) is 5.82. The number of likely N-dealkylation sites (tertiary alicyclic amines) is 1. The topological polar surface area (TPSA) is 61.5 Å². The number of hydrogen-bond acceptors (Lipinski definition) is 4. The molecule has 146 valence electrons. The lowest BCUT2D eigenvalue weighted by atomic mass is 9.97. The fraction of sp³-hybridized carbons (Fsp3) is 0.524. The van der Waals surface area contributed by atoms with Crippen LogP contribution in [0.1, 0.15) is 24.1 Å².